The molecule has 0 saturated heterocycles. The Morgan fingerprint density at radius 1 is 1.25 bits per heavy atom. The topological polar surface area (TPSA) is 49.3 Å². The second-order valence-electron chi connectivity index (χ2n) is 5.69. The predicted molar refractivity (Wildman–Crippen MR) is 88.5 cm³/mol. The first-order chi connectivity index (χ1) is 9.42. The number of aliphatic imine (C=N–C) groups is 1. The highest BCUT2D eigenvalue weighted by Crippen LogP contribution is 2.15. The molecule has 1 heterocycles. The van der Waals surface area contributed by atoms with Gasteiger partial charge in [0, 0.05) is 18.0 Å². The first-order valence-corrected chi connectivity index (χ1v) is 8.14. The number of nitrogens with one attached hydrogen (secondary N) is 2. The number of nitrogens with zero attached hydrogens (tertiary/aromatic N) is 2. The monoisotopic (exact) mass is 296 g/mol. The van der Waals surface area contributed by atoms with Crippen LogP contribution in [0.5, 0.6) is 0 Å². The van der Waals surface area contributed by atoms with Crippen LogP contribution in [0.3, 0.4) is 0 Å². The summed E-state index contributed by atoms with van der Waals surface area (Å²) in [6.45, 7) is 11.6. The summed E-state index contributed by atoms with van der Waals surface area (Å²) in [5.74, 6) is 1.60. The van der Waals surface area contributed by atoms with Crippen LogP contribution in [0.4, 0.5) is 0 Å². The molecule has 0 aliphatic rings. The molecule has 1 aromatic heterocycles. The van der Waals surface area contributed by atoms with Crippen LogP contribution in [0.25, 0.3) is 0 Å². The second-order valence-corrected chi connectivity index (χ2v) is 6.98. The highest BCUT2D eigenvalue weighted by molar-refractivity contribution is 7.11. The van der Waals surface area contributed by atoms with Crippen molar-refractivity contribution in [3.8, 4) is 0 Å². The standard InChI is InChI=1S/C15H28N4S/c1-10(2)7-8-11(3)18-15(16-6)17-9-14-19-12(4)13(5)20-14/h10-11H,7-9H2,1-6H3,(H2,16,17,18). The fourth-order valence-corrected chi connectivity index (χ4v) is 2.73. The molecule has 2 N–H and O–H groups in total. The molecule has 0 spiro atoms. The lowest BCUT2D eigenvalue weighted by molar-refractivity contribution is 0.489. The first-order valence-electron chi connectivity index (χ1n) is 7.32. The van der Waals surface area contributed by atoms with Crippen molar-refractivity contribution in [2.45, 2.75) is 60.0 Å². The third-order valence-electron chi connectivity index (χ3n) is 3.26. The molecule has 1 unspecified atom stereocenters. The fourth-order valence-electron chi connectivity index (χ4n) is 1.86. The van der Waals surface area contributed by atoms with Crippen LogP contribution in [0.15, 0.2) is 4.99 Å². The first kappa shape index (κ1) is 17.0. The molecular formula is C15H28N4S. The van der Waals surface area contributed by atoms with Gasteiger partial charge in [-0.05, 0) is 39.5 Å². The maximum Gasteiger partial charge on any atom is 0.191 e. The number of hydrogen-bond acceptors (Lipinski definition) is 3. The van der Waals surface area contributed by atoms with Crippen molar-refractivity contribution in [3.05, 3.63) is 15.6 Å². The normalized spacial score (nSPS) is 13.7. The van der Waals surface area contributed by atoms with Crippen LogP contribution >= 0.6 is 11.3 Å². The lowest BCUT2D eigenvalue weighted by Crippen LogP contribution is -2.41. The minimum absolute atomic E-state index is 0.434. The summed E-state index contributed by atoms with van der Waals surface area (Å²) in [4.78, 5) is 10.1. The van der Waals surface area contributed by atoms with E-state index in [0.29, 0.717) is 6.04 Å². The largest absolute Gasteiger partial charge is 0.354 e. The van der Waals surface area contributed by atoms with Gasteiger partial charge in [0.15, 0.2) is 5.96 Å². The van der Waals surface area contributed by atoms with E-state index >= 15 is 0 Å². The molecule has 114 valence electrons. The Kier molecular flexibility index (Phi) is 6.99. The van der Waals surface area contributed by atoms with Crippen LogP contribution in [-0.2, 0) is 6.54 Å². The Morgan fingerprint density at radius 3 is 2.45 bits per heavy atom. The van der Waals surface area contributed by atoms with E-state index < -0.39 is 0 Å². The molecule has 1 atom stereocenters. The summed E-state index contributed by atoms with van der Waals surface area (Å²) in [5, 5.41) is 7.87. The number of guanidine groups is 1. The van der Waals surface area contributed by atoms with Crippen molar-refractivity contribution >= 4 is 17.3 Å². The summed E-state index contributed by atoms with van der Waals surface area (Å²) in [7, 11) is 1.81. The Labute approximate surface area is 127 Å². The third kappa shape index (κ3) is 5.90. The van der Waals surface area contributed by atoms with E-state index in [-0.39, 0.29) is 0 Å². The van der Waals surface area contributed by atoms with Gasteiger partial charge in [-0.1, -0.05) is 13.8 Å². The zero-order chi connectivity index (χ0) is 15.1. The van der Waals surface area contributed by atoms with E-state index in [2.05, 4.69) is 55.2 Å². The summed E-state index contributed by atoms with van der Waals surface area (Å²) < 4.78 is 0. The van der Waals surface area contributed by atoms with E-state index in [1.54, 1.807) is 11.3 Å². The lowest BCUT2D eigenvalue weighted by Gasteiger charge is -2.18. The van der Waals surface area contributed by atoms with Crippen LogP contribution in [-0.4, -0.2) is 24.0 Å². The smallest absolute Gasteiger partial charge is 0.191 e. The second kappa shape index (κ2) is 8.25. The van der Waals surface area contributed by atoms with E-state index in [9.17, 15) is 0 Å². The summed E-state index contributed by atoms with van der Waals surface area (Å²) >= 11 is 1.74. The van der Waals surface area contributed by atoms with Gasteiger partial charge in [0.1, 0.15) is 5.01 Å². The van der Waals surface area contributed by atoms with Crippen molar-refractivity contribution in [1.29, 1.82) is 0 Å². The highest BCUT2D eigenvalue weighted by Gasteiger charge is 2.08. The number of hydrogen-bond donors (Lipinski definition) is 2. The SMILES string of the molecule is CN=C(NCc1nc(C)c(C)s1)NC(C)CCC(C)C. The molecule has 0 bridgehead atoms. The van der Waals surface area contributed by atoms with Crippen LogP contribution in [0.1, 0.15) is 49.2 Å². The van der Waals surface area contributed by atoms with Crippen molar-refractivity contribution in [2.24, 2.45) is 10.9 Å². The maximum atomic E-state index is 4.53. The number of aromatic nitrogens is 1. The average Bonchev–Trinajstić information content (AvgIpc) is 2.71. The summed E-state index contributed by atoms with van der Waals surface area (Å²) in [5.41, 5.74) is 1.13. The van der Waals surface area contributed by atoms with Gasteiger partial charge in [-0.15, -0.1) is 11.3 Å². The highest BCUT2D eigenvalue weighted by atomic mass is 32.1. The number of thiazole rings is 1. The molecule has 0 amide bonds. The Hall–Kier alpha value is -1.10. The van der Waals surface area contributed by atoms with Gasteiger partial charge in [-0.3, -0.25) is 4.99 Å². The van der Waals surface area contributed by atoms with Gasteiger partial charge < -0.3 is 10.6 Å². The molecule has 0 fully saturated rings. The number of aryl methyl sites for hydroxylation is 2. The van der Waals surface area contributed by atoms with Crippen LogP contribution in [0.2, 0.25) is 0 Å². The van der Waals surface area contributed by atoms with Crippen molar-refractivity contribution in [1.82, 2.24) is 15.6 Å². The molecule has 4 nitrogen and oxygen atoms in total. The van der Waals surface area contributed by atoms with Crippen LogP contribution < -0.4 is 10.6 Å². The van der Waals surface area contributed by atoms with Gasteiger partial charge in [0.25, 0.3) is 0 Å². The minimum atomic E-state index is 0.434. The van der Waals surface area contributed by atoms with E-state index in [1.807, 2.05) is 7.05 Å². The molecule has 0 saturated carbocycles. The quantitative estimate of drug-likeness (QED) is 0.626. The lowest BCUT2D eigenvalue weighted by atomic mass is 10.0. The van der Waals surface area contributed by atoms with E-state index in [1.165, 1.54) is 11.3 Å². The molecule has 1 aromatic rings. The summed E-state index contributed by atoms with van der Waals surface area (Å²) in [6, 6.07) is 0.434. The Bertz CT molecular complexity index is 418. The van der Waals surface area contributed by atoms with Gasteiger partial charge >= 0.3 is 0 Å². The summed E-state index contributed by atoms with van der Waals surface area (Å²) in [6.07, 6.45) is 2.39. The zero-order valence-electron chi connectivity index (χ0n) is 13.6. The third-order valence-corrected chi connectivity index (χ3v) is 4.34. The van der Waals surface area contributed by atoms with Crippen molar-refractivity contribution < 1.29 is 0 Å². The Morgan fingerprint density at radius 2 is 1.95 bits per heavy atom. The van der Waals surface area contributed by atoms with Gasteiger partial charge in [0.05, 0.1) is 12.2 Å². The molecule has 20 heavy (non-hydrogen) atoms. The zero-order valence-corrected chi connectivity index (χ0v) is 14.4. The van der Waals surface area contributed by atoms with Gasteiger partial charge in [-0.2, -0.15) is 0 Å². The van der Waals surface area contributed by atoms with Gasteiger partial charge in [0.2, 0.25) is 0 Å². The number of rotatable bonds is 6. The molecule has 1 rings (SSSR count). The van der Waals surface area contributed by atoms with E-state index in [4.69, 9.17) is 0 Å². The molecule has 5 heteroatoms. The van der Waals surface area contributed by atoms with Crippen molar-refractivity contribution in [2.75, 3.05) is 7.05 Å². The van der Waals surface area contributed by atoms with Crippen LogP contribution in [0, 0.1) is 19.8 Å². The maximum absolute atomic E-state index is 4.53. The van der Waals surface area contributed by atoms with Gasteiger partial charge in [-0.25, -0.2) is 4.98 Å². The van der Waals surface area contributed by atoms with E-state index in [0.717, 1.165) is 35.5 Å². The minimum Gasteiger partial charge on any atom is -0.354 e. The Balaban J connectivity index is 2.40. The fraction of sp³-hybridized carbons (Fsp3) is 0.733. The molecular weight excluding hydrogens is 268 g/mol. The predicted octanol–water partition coefficient (Wildman–Crippen LogP) is 3.25. The molecule has 0 aliphatic heterocycles. The molecule has 0 aliphatic carbocycles. The molecule has 0 radical (unpaired) electrons. The average molecular weight is 296 g/mol. The van der Waals surface area contributed by atoms with Crippen molar-refractivity contribution in [3.63, 3.8) is 0 Å². The molecule has 0 aromatic carbocycles.